The van der Waals surface area contributed by atoms with Crippen LogP contribution in [0.25, 0.3) is 21.3 Å². The van der Waals surface area contributed by atoms with Crippen molar-refractivity contribution < 1.29 is 14.6 Å². The Hall–Kier alpha value is -2.40. The molecule has 2 aromatic heterocycles. The molecule has 0 aliphatic heterocycles. The number of carbonyl (C=O) groups is 1. The number of pyridine rings is 1. The molecule has 4 nitrogen and oxygen atoms in total. The topological polar surface area (TPSA) is 59.4 Å². The Kier molecular flexibility index (Phi) is 5.57. The minimum Gasteiger partial charge on any atom is -0.481 e. The van der Waals surface area contributed by atoms with E-state index >= 15 is 0 Å². The van der Waals surface area contributed by atoms with E-state index in [-0.39, 0.29) is 0 Å². The van der Waals surface area contributed by atoms with Crippen LogP contribution in [0.1, 0.15) is 33.1 Å². The number of carboxylic acids is 1. The van der Waals surface area contributed by atoms with E-state index < -0.39 is 11.4 Å². The molecule has 1 aromatic carbocycles. The number of hydrogen-bond donors (Lipinski definition) is 1. The monoisotopic (exact) mass is 369 g/mol. The van der Waals surface area contributed by atoms with E-state index in [1.165, 1.54) is 4.88 Å². The minimum atomic E-state index is -0.754. The summed E-state index contributed by atoms with van der Waals surface area (Å²) in [6.45, 7) is 4.05. The zero-order valence-corrected chi connectivity index (χ0v) is 15.9. The summed E-state index contributed by atoms with van der Waals surface area (Å²) >= 11 is 1.70. The third-order valence-electron chi connectivity index (χ3n) is 4.50. The Balaban J connectivity index is 1.68. The van der Waals surface area contributed by atoms with Crippen molar-refractivity contribution in [2.24, 2.45) is 5.41 Å². The maximum Gasteiger partial charge on any atom is 0.309 e. The summed E-state index contributed by atoms with van der Waals surface area (Å²) in [4.78, 5) is 16.9. The average Bonchev–Trinajstić information content (AvgIpc) is 3.15. The summed E-state index contributed by atoms with van der Waals surface area (Å²) in [5, 5.41) is 12.3. The van der Waals surface area contributed by atoms with E-state index in [1.807, 2.05) is 30.3 Å². The van der Waals surface area contributed by atoms with Gasteiger partial charge in [-0.2, -0.15) is 0 Å². The van der Waals surface area contributed by atoms with Gasteiger partial charge in [-0.1, -0.05) is 24.3 Å². The molecule has 26 heavy (non-hydrogen) atoms. The van der Waals surface area contributed by atoms with Gasteiger partial charge >= 0.3 is 5.97 Å². The van der Waals surface area contributed by atoms with Gasteiger partial charge in [0.15, 0.2) is 0 Å². The number of hydrogen-bond acceptors (Lipinski definition) is 4. The number of benzene rings is 1. The summed E-state index contributed by atoms with van der Waals surface area (Å²) in [5.41, 5.74) is 1.36. The number of nitrogens with zero attached hydrogens (tertiary/aromatic N) is 1. The number of aliphatic carboxylic acids is 1. The zero-order valence-electron chi connectivity index (χ0n) is 15.1. The maximum atomic E-state index is 11.1. The number of unbranched alkanes of at least 4 members (excludes halogenated alkanes) is 1. The second kappa shape index (κ2) is 7.87. The largest absolute Gasteiger partial charge is 0.481 e. The number of fused-ring (bicyclic) bond motifs is 1. The number of ether oxygens (including phenoxy) is 1. The van der Waals surface area contributed by atoms with Crippen LogP contribution in [0, 0.1) is 5.41 Å². The Labute approximate surface area is 157 Å². The molecule has 0 radical (unpaired) electrons. The molecule has 0 atom stereocenters. The third-order valence-corrected chi connectivity index (χ3v) is 5.41. The van der Waals surface area contributed by atoms with Crippen molar-refractivity contribution in [2.45, 2.75) is 33.1 Å². The molecule has 0 saturated heterocycles. The fraction of sp³-hybridized carbons (Fsp3) is 0.333. The van der Waals surface area contributed by atoms with Gasteiger partial charge in [-0.15, -0.1) is 11.3 Å². The van der Waals surface area contributed by atoms with E-state index in [9.17, 15) is 4.79 Å². The average molecular weight is 369 g/mol. The lowest BCUT2D eigenvalue weighted by atomic mass is 9.87. The Morgan fingerprint density at radius 2 is 2.00 bits per heavy atom. The van der Waals surface area contributed by atoms with E-state index in [0.717, 1.165) is 29.3 Å². The summed E-state index contributed by atoms with van der Waals surface area (Å²) in [7, 11) is 0. The van der Waals surface area contributed by atoms with Crippen molar-refractivity contribution in [3.63, 3.8) is 0 Å². The van der Waals surface area contributed by atoms with Crippen molar-refractivity contribution in [3.8, 4) is 16.3 Å². The summed E-state index contributed by atoms with van der Waals surface area (Å²) < 4.78 is 5.87. The van der Waals surface area contributed by atoms with Crippen molar-refractivity contribution in [2.75, 3.05) is 6.61 Å². The third kappa shape index (κ3) is 4.22. The first-order chi connectivity index (χ1) is 12.5. The van der Waals surface area contributed by atoms with E-state index in [2.05, 4.69) is 22.5 Å². The van der Waals surface area contributed by atoms with E-state index in [4.69, 9.17) is 9.84 Å². The van der Waals surface area contributed by atoms with Crippen LogP contribution in [0.3, 0.4) is 0 Å². The quantitative estimate of drug-likeness (QED) is 0.523. The van der Waals surface area contributed by atoms with Gasteiger partial charge in [0, 0.05) is 21.9 Å². The zero-order chi connectivity index (χ0) is 18.6. The molecular formula is C21H23NO3S. The Morgan fingerprint density at radius 3 is 2.73 bits per heavy atom. The minimum absolute atomic E-state index is 0.533. The molecule has 0 saturated carbocycles. The lowest BCUT2D eigenvalue weighted by molar-refractivity contribution is -0.147. The van der Waals surface area contributed by atoms with Crippen LogP contribution in [-0.2, 0) is 4.79 Å². The van der Waals surface area contributed by atoms with Crippen LogP contribution >= 0.6 is 11.3 Å². The van der Waals surface area contributed by atoms with Crippen molar-refractivity contribution in [1.82, 2.24) is 4.98 Å². The lowest BCUT2D eigenvalue weighted by Crippen LogP contribution is -2.23. The van der Waals surface area contributed by atoms with Gasteiger partial charge in [0.25, 0.3) is 0 Å². The molecule has 3 rings (SSSR count). The molecule has 1 N–H and O–H groups in total. The molecule has 3 aromatic rings. The molecule has 0 unspecified atom stereocenters. The standard InChI is InChI=1S/C21H23NO3S/c1-21(2,20(23)24)11-5-6-12-25-19-14-16(18-10-7-13-26-18)15-8-3-4-9-17(15)22-19/h3-4,7-10,13-14H,5-6,11-12H2,1-2H3,(H,23,24). The molecule has 0 bridgehead atoms. The molecule has 0 amide bonds. The van der Waals surface area contributed by atoms with Crippen LogP contribution in [0.4, 0.5) is 0 Å². The van der Waals surface area contributed by atoms with Crippen LogP contribution < -0.4 is 4.74 Å². The highest BCUT2D eigenvalue weighted by Crippen LogP contribution is 2.33. The molecule has 0 fully saturated rings. The van der Waals surface area contributed by atoms with Crippen LogP contribution in [0.15, 0.2) is 47.8 Å². The lowest BCUT2D eigenvalue weighted by Gasteiger charge is -2.18. The van der Waals surface area contributed by atoms with Gasteiger partial charge in [-0.25, -0.2) is 4.98 Å². The van der Waals surface area contributed by atoms with Crippen LogP contribution in [0.2, 0.25) is 0 Å². The fourth-order valence-electron chi connectivity index (χ4n) is 2.81. The first-order valence-electron chi connectivity index (χ1n) is 8.77. The fourth-order valence-corrected chi connectivity index (χ4v) is 3.57. The van der Waals surface area contributed by atoms with Gasteiger partial charge in [-0.3, -0.25) is 4.79 Å². The number of carboxylic acid groups (broad SMARTS) is 1. The first kappa shape index (κ1) is 18.4. The van der Waals surface area contributed by atoms with Crippen LogP contribution in [-0.4, -0.2) is 22.7 Å². The molecule has 2 heterocycles. The van der Waals surface area contributed by atoms with Gasteiger partial charge in [0.2, 0.25) is 5.88 Å². The molecule has 0 aliphatic carbocycles. The maximum absolute atomic E-state index is 11.1. The first-order valence-corrected chi connectivity index (χ1v) is 9.65. The molecular weight excluding hydrogens is 346 g/mol. The van der Waals surface area contributed by atoms with Gasteiger partial charge in [0.1, 0.15) is 0 Å². The predicted molar refractivity (Wildman–Crippen MR) is 106 cm³/mol. The molecule has 0 aliphatic rings. The van der Waals surface area contributed by atoms with Crippen molar-refractivity contribution in [3.05, 3.63) is 47.8 Å². The van der Waals surface area contributed by atoms with Gasteiger partial charge < -0.3 is 9.84 Å². The van der Waals surface area contributed by atoms with Gasteiger partial charge in [-0.05, 0) is 50.6 Å². The van der Waals surface area contributed by atoms with Crippen molar-refractivity contribution >= 4 is 28.2 Å². The number of thiophene rings is 1. The Morgan fingerprint density at radius 1 is 1.19 bits per heavy atom. The smallest absolute Gasteiger partial charge is 0.309 e. The predicted octanol–water partition coefficient (Wildman–Crippen LogP) is 5.62. The van der Waals surface area contributed by atoms with Crippen molar-refractivity contribution in [1.29, 1.82) is 0 Å². The summed E-state index contributed by atoms with van der Waals surface area (Å²) in [6, 6.07) is 14.2. The molecule has 5 heteroatoms. The summed E-state index contributed by atoms with van der Waals surface area (Å²) in [5.74, 6) is -0.139. The highest BCUT2D eigenvalue weighted by molar-refractivity contribution is 7.13. The number of para-hydroxylation sites is 1. The molecule has 0 spiro atoms. The Bertz CT molecular complexity index is 887. The second-order valence-electron chi connectivity index (χ2n) is 7.00. The van der Waals surface area contributed by atoms with Crippen LogP contribution in [0.5, 0.6) is 5.88 Å². The number of aromatic nitrogens is 1. The highest BCUT2D eigenvalue weighted by atomic mass is 32.1. The van der Waals surface area contributed by atoms with E-state index in [0.29, 0.717) is 18.9 Å². The summed E-state index contributed by atoms with van der Waals surface area (Å²) in [6.07, 6.45) is 2.25. The number of rotatable bonds is 8. The normalized spacial score (nSPS) is 11.6. The second-order valence-corrected chi connectivity index (χ2v) is 7.94. The SMILES string of the molecule is CC(C)(CCCCOc1cc(-c2cccs2)c2ccccc2n1)C(=O)O. The van der Waals surface area contributed by atoms with Gasteiger partial charge in [0.05, 0.1) is 17.5 Å². The highest BCUT2D eigenvalue weighted by Gasteiger charge is 2.26. The molecule has 136 valence electrons. The van der Waals surface area contributed by atoms with E-state index in [1.54, 1.807) is 25.2 Å².